The lowest BCUT2D eigenvalue weighted by molar-refractivity contribution is -0.384. The summed E-state index contributed by atoms with van der Waals surface area (Å²) in [4.78, 5) is 22.0. The minimum atomic E-state index is -0.746. The maximum Gasteiger partial charge on any atom is 0.323 e. The summed E-state index contributed by atoms with van der Waals surface area (Å²) >= 11 is 0. The predicted octanol–water partition coefficient (Wildman–Crippen LogP) is 3.39. The molecule has 114 valence electrons. The van der Waals surface area contributed by atoms with Crippen LogP contribution in [-0.4, -0.2) is 18.1 Å². The van der Waals surface area contributed by atoms with E-state index < -0.39 is 16.8 Å². The number of ether oxygens (including phenoxy) is 1. The summed E-state index contributed by atoms with van der Waals surface area (Å²) in [6.45, 7) is 0. The van der Waals surface area contributed by atoms with Gasteiger partial charge in [-0.1, -0.05) is 12.1 Å². The van der Waals surface area contributed by atoms with Crippen LogP contribution in [0.1, 0.15) is 0 Å². The fourth-order valence-electron chi connectivity index (χ4n) is 1.75. The van der Waals surface area contributed by atoms with Crippen molar-refractivity contribution in [1.29, 1.82) is 0 Å². The molecular formula is C14H12FN3O4. The second-order valence-corrected chi connectivity index (χ2v) is 4.20. The lowest BCUT2D eigenvalue weighted by atomic mass is 10.2. The number of nitrogens with one attached hydrogen (secondary N) is 2. The number of nitrogens with zero attached hydrogens (tertiary/aromatic N) is 1. The van der Waals surface area contributed by atoms with E-state index in [1.807, 2.05) is 0 Å². The number of hydrogen-bond donors (Lipinski definition) is 2. The highest BCUT2D eigenvalue weighted by Gasteiger charge is 2.14. The number of halogens is 1. The molecule has 0 aliphatic carbocycles. The number of carbonyl (C=O) groups excluding carboxylic acids is 1. The van der Waals surface area contributed by atoms with Crippen molar-refractivity contribution in [3.8, 4) is 5.75 Å². The lowest BCUT2D eigenvalue weighted by Crippen LogP contribution is -2.20. The summed E-state index contributed by atoms with van der Waals surface area (Å²) in [6.07, 6.45) is 0. The van der Waals surface area contributed by atoms with Crippen LogP contribution in [0.2, 0.25) is 0 Å². The maximum atomic E-state index is 13.4. The minimum absolute atomic E-state index is 0.00982. The van der Waals surface area contributed by atoms with Gasteiger partial charge in [0.15, 0.2) is 0 Å². The predicted molar refractivity (Wildman–Crippen MR) is 78.7 cm³/mol. The van der Waals surface area contributed by atoms with E-state index in [9.17, 15) is 19.3 Å². The highest BCUT2D eigenvalue weighted by atomic mass is 19.1. The Morgan fingerprint density at radius 2 is 1.86 bits per heavy atom. The lowest BCUT2D eigenvalue weighted by Gasteiger charge is -2.11. The molecule has 2 N–H and O–H groups in total. The average Bonchev–Trinajstić information content (AvgIpc) is 2.49. The van der Waals surface area contributed by atoms with Crippen molar-refractivity contribution in [2.75, 3.05) is 17.7 Å². The molecule has 7 nitrogen and oxygen atoms in total. The number of nitro groups is 1. The standard InChI is InChI=1S/C14H12FN3O4/c1-22-13-7-6-9(18(20)21)8-12(13)17-14(19)16-11-5-3-2-4-10(11)15/h2-8H,1H3,(H2,16,17,19). The third-order valence-corrected chi connectivity index (χ3v) is 2.76. The fraction of sp³-hybridized carbons (Fsp3) is 0.0714. The number of urea groups is 1. The number of benzene rings is 2. The van der Waals surface area contributed by atoms with Crippen LogP contribution in [0.15, 0.2) is 42.5 Å². The van der Waals surface area contributed by atoms with Gasteiger partial charge in [0.05, 0.1) is 23.4 Å². The van der Waals surface area contributed by atoms with Crippen LogP contribution in [0.4, 0.5) is 26.2 Å². The molecule has 8 heteroatoms. The molecule has 2 aromatic rings. The van der Waals surface area contributed by atoms with Crippen LogP contribution >= 0.6 is 0 Å². The zero-order valence-electron chi connectivity index (χ0n) is 11.5. The monoisotopic (exact) mass is 305 g/mol. The van der Waals surface area contributed by atoms with Gasteiger partial charge in [0.25, 0.3) is 5.69 Å². The normalized spacial score (nSPS) is 9.91. The highest BCUT2D eigenvalue weighted by Crippen LogP contribution is 2.29. The molecule has 2 rings (SSSR count). The summed E-state index contributed by atoms with van der Waals surface area (Å²) in [5.74, 6) is -0.349. The van der Waals surface area contributed by atoms with Crippen LogP contribution < -0.4 is 15.4 Å². The van der Waals surface area contributed by atoms with Gasteiger partial charge in [0.1, 0.15) is 11.6 Å². The molecule has 22 heavy (non-hydrogen) atoms. The Bertz CT molecular complexity index is 721. The second-order valence-electron chi connectivity index (χ2n) is 4.20. The zero-order valence-corrected chi connectivity index (χ0v) is 11.5. The molecule has 0 heterocycles. The first kappa shape index (κ1) is 15.2. The number of nitro benzene ring substituents is 1. The van der Waals surface area contributed by atoms with Gasteiger partial charge in [-0.05, 0) is 18.2 Å². The smallest absolute Gasteiger partial charge is 0.323 e. The van der Waals surface area contributed by atoms with Crippen molar-refractivity contribution in [2.45, 2.75) is 0 Å². The third-order valence-electron chi connectivity index (χ3n) is 2.76. The van der Waals surface area contributed by atoms with E-state index in [1.54, 1.807) is 6.07 Å². The Labute approximate surface area is 124 Å². The van der Waals surface area contributed by atoms with Gasteiger partial charge in [-0.3, -0.25) is 10.1 Å². The van der Waals surface area contributed by atoms with Gasteiger partial charge in [0.2, 0.25) is 0 Å². The molecule has 2 amide bonds. The quantitative estimate of drug-likeness (QED) is 0.668. The van der Waals surface area contributed by atoms with Gasteiger partial charge in [-0.15, -0.1) is 0 Å². The summed E-state index contributed by atoms with van der Waals surface area (Å²) in [7, 11) is 1.36. The Hall–Kier alpha value is -3.16. The molecule has 0 bridgehead atoms. The number of hydrogen-bond acceptors (Lipinski definition) is 4. The van der Waals surface area contributed by atoms with Crippen LogP contribution in [-0.2, 0) is 0 Å². The first-order valence-electron chi connectivity index (χ1n) is 6.16. The van der Waals surface area contributed by atoms with E-state index in [1.165, 1.54) is 37.4 Å². The Morgan fingerprint density at radius 3 is 2.50 bits per heavy atom. The molecular weight excluding hydrogens is 293 g/mol. The van der Waals surface area contributed by atoms with E-state index in [4.69, 9.17) is 4.74 Å². The molecule has 0 aromatic heterocycles. The Morgan fingerprint density at radius 1 is 1.18 bits per heavy atom. The molecule has 0 atom stereocenters. The Balaban J connectivity index is 2.19. The van der Waals surface area contributed by atoms with Gasteiger partial charge >= 0.3 is 6.03 Å². The van der Waals surface area contributed by atoms with Gasteiger partial charge in [-0.25, -0.2) is 9.18 Å². The number of non-ortho nitro benzene ring substituents is 1. The van der Waals surface area contributed by atoms with E-state index >= 15 is 0 Å². The molecule has 0 fully saturated rings. The van der Waals surface area contributed by atoms with E-state index in [0.717, 1.165) is 6.07 Å². The Kier molecular flexibility index (Phi) is 4.52. The maximum absolute atomic E-state index is 13.4. The molecule has 0 unspecified atom stereocenters. The van der Waals surface area contributed by atoms with Crippen molar-refractivity contribution < 1.29 is 18.8 Å². The van der Waals surface area contributed by atoms with Crippen LogP contribution in [0.5, 0.6) is 5.75 Å². The van der Waals surface area contributed by atoms with Crippen LogP contribution in [0.3, 0.4) is 0 Å². The van der Waals surface area contributed by atoms with E-state index in [0.29, 0.717) is 0 Å². The second kappa shape index (κ2) is 6.53. The first-order chi connectivity index (χ1) is 10.5. The number of para-hydroxylation sites is 1. The zero-order chi connectivity index (χ0) is 16.1. The van der Waals surface area contributed by atoms with Gasteiger partial charge in [0, 0.05) is 12.1 Å². The highest BCUT2D eigenvalue weighted by molar-refractivity contribution is 6.01. The number of rotatable bonds is 4. The van der Waals surface area contributed by atoms with Crippen molar-refractivity contribution in [2.24, 2.45) is 0 Å². The summed E-state index contributed by atoms with van der Waals surface area (Å²) < 4.78 is 18.5. The van der Waals surface area contributed by atoms with Crippen LogP contribution in [0.25, 0.3) is 0 Å². The topological polar surface area (TPSA) is 93.5 Å². The molecule has 0 radical (unpaired) electrons. The molecule has 0 saturated heterocycles. The van der Waals surface area contributed by atoms with Gasteiger partial charge < -0.3 is 15.4 Å². The molecule has 0 aliphatic heterocycles. The molecule has 2 aromatic carbocycles. The number of carbonyl (C=O) groups is 1. The fourth-order valence-corrected chi connectivity index (χ4v) is 1.75. The SMILES string of the molecule is COc1ccc([N+](=O)[O-])cc1NC(=O)Nc1ccccc1F. The first-order valence-corrected chi connectivity index (χ1v) is 6.16. The largest absolute Gasteiger partial charge is 0.495 e. The van der Waals surface area contributed by atoms with E-state index in [2.05, 4.69) is 10.6 Å². The summed E-state index contributed by atoms with van der Waals surface area (Å²) in [6, 6.07) is 8.65. The van der Waals surface area contributed by atoms with E-state index in [-0.39, 0.29) is 22.8 Å². The molecule has 0 saturated carbocycles. The van der Waals surface area contributed by atoms with Crippen molar-refractivity contribution in [3.63, 3.8) is 0 Å². The average molecular weight is 305 g/mol. The van der Waals surface area contributed by atoms with Crippen molar-refractivity contribution >= 4 is 23.1 Å². The number of amides is 2. The van der Waals surface area contributed by atoms with Crippen molar-refractivity contribution in [1.82, 2.24) is 0 Å². The minimum Gasteiger partial charge on any atom is -0.495 e. The van der Waals surface area contributed by atoms with Crippen LogP contribution in [0, 0.1) is 15.9 Å². The molecule has 0 aliphatic rings. The number of anilines is 2. The number of methoxy groups -OCH3 is 1. The van der Waals surface area contributed by atoms with Crippen molar-refractivity contribution in [3.05, 3.63) is 58.4 Å². The van der Waals surface area contributed by atoms with Gasteiger partial charge in [-0.2, -0.15) is 0 Å². The summed E-state index contributed by atoms with van der Waals surface area (Å²) in [5, 5.41) is 15.5. The summed E-state index contributed by atoms with van der Waals surface area (Å²) in [5.41, 5.74) is -0.114. The third kappa shape index (κ3) is 3.48. The molecule has 0 spiro atoms.